The molecule has 1 aliphatic rings. The van der Waals surface area contributed by atoms with Crippen LogP contribution in [0.25, 0.3) is 0 Å². The minimum Gasteiger partial charge on any atom is -0.169 e. The number of aryl methyl sites for hydroxylation is 1. The molecule has 2 rings (SSSR count). The molecule has 0 radical (unpaired) electrons. The van der Waals surface area contributed by atoms with Gasteiger partial charge in [-0.05, 0) is 28.7 Å². The molecule has 0 aromatic heterocycles. The first kappa shape index (κ1) is 10.8. The zero-order valence-corrected chi connectivity index (χ0v) is 9.88. The van der Waals surface area contributed by atoms with Crippen molar-refractivity contribution in [1.29, 1.82) is 0 Å². The predicted molar refractivity (Wildman–Crippen MR) is 61.9 cm³/mol. The summed E-state index contributed by atoms with van der Waals surface area (Å²) in [5.74, 6) is 0. The smallest absolute Gasteiger partial charge is 0.169 e. The summed E-state index contributed by atoms with van der Waals surface area (Å²) in [6.45, 7) is 3.32. The third-order valence-corrected chi connectivity index (χ3v) is 4.09. The highest BCUT2D eigenvalue weighted by Gasteiger charge is 2.32. The van der Waals surface area contributed by atoms with E-state index in [1.807, 2.05) is 0 Å². The van der Waals surface area contributed by atoms with Crippen LogP contribution in [0, 0.1) is 6.92 Å². The number of nitrogens with zero attached hydrogens (tertiary/aromatic N) is 1. The average Bonchev–Trinajstić information content (AvgIpc) is 2.15. The molecule has 82 valence electrons. The molecule has 3 nitrogen and oxygen atoms in total. The summed E-state index contributed by atoms with van der Waals surface area (Å²) in [6, 6.07) is 6.28. The van der Waals surface area contributed by atoms with E-state index in [1.165, 1.54) is 22.9 Å². The molecule has 1 aromatic rings. The van der Waals surface area contributed by atoms with Gasteiger partial charge in [-0.3, -0.25) is 0 Å². The molecule has 1 aliphatic heterocycles. The summed E-state index contributed by atoms with van der Waals surface area (Å²) in [7, 11) is -2.80. The van der Waals surface area contributed by atoms with Gasteiger partial charge in [-0.15, -0.1) is 0 Å². The van der Waals surface area contributed by atoms with Crippen LogP contribution >= 0.6 is 0 Å². The minimum atomic E-state index is -2.80. The van der Waals surface area contributed by atoms with Gasteiger partial charge in [0.25, 0.3) is 10.4 Å². The fourth-order valence-electron chi connectivity index (χ4n) is 1.95. The molecule has 1 aromatic carbocycles. The normalized spacial score (nSPS) is 20.7. The van der Waals surface area contributed by atoms with E-state index in [4.69, 9.17) is 0 Å². The van der Waals surface area contributed by atoms with Crippen molar-refractivity contribution in [3.63, 3.8) is 0 Å². The Hall–Kier alpha value is -0.710. The van der Waals surface area contributed by atoms with Crippen LogP contribution in [0.15, 0.2) is 18.2 Å². The zero-order valence-electron chi connectivity index (χ0n) is 9.06. The van der Waals surface area contributed by atoms with Crippen LogP contribution in [0.4, 0.5) is 0 Å². The van der Waals surface area contributed by atoms with Gasteiger partial charge in [0.1, 0.15) is 0 Å². The minimum absolute atomic E-state index is 0.585. The van der Waals surface area contributed by atoms with Crippen molar-refractivity contribution >= 4 is 10.4 Å². The maximum Gasteiger partial charge on any atom is 0.288 e. The molecule has 1 unspecified atom stereocenters. The van der Waals surface area contributed by atoms with Gasteiger partial charge in [0.15, 0.2) is 6.26 Å². The number of hydrogen-bond acceptors (Lipinski definition) is 1. The molecule has 15 heavy (non-hydrogen) atoms. The number of benzene rings is 1. The van der Waals surface area contributed by atoms with Crippen LogP contribution in [0.3, 0.4) is 0 Å². The molecule has 1 N–H and O–H groups in total. The third kappa shape index (κ3) is 2.27. The highest BCUT2D eigenvalue weighted by atomic mass is 32.3. The molecular formula is C11H16NO2S+. The van der Waals surface area contributed by atoms with Gasteiger partial charge in [-0.25, -0.2) is 0 Å². The topological polar surface area (TPSA) is 40.5 Å². The van der Waals surface area contributed by atoms with E-state index in [0.717, 1.165) is 6.42 Å². The highest BCUT2D eigenvalue weighted by Crippen LogP contribution is 2.23. The Morgan fingerprint density at radius 2 is 2.13 bits per heavy atom. The van der Waals surface area contributed by atoms with Gasteiger partial charge in [0, 0.05) is 0 Å². The highest BCUT2D eigenvalue weighted by molar-refractivity contribution is 7.94. The molecule has 0 bridgehead atoms. The van der Waals surface area contributed by atoms with Crippen molar-refractivity contribution in [2.75, 3.05) is 12.8 Å². The Labute approximate surface area is 91.5 Å². The molecule has 0 spiro atoms. The average molecular weight is 226 g/mol. The second kappa shape index (κ2) is 3.70. The van der Waals surface area contributed by atoms with Crippen molar-refractivity contribution in [1.82, 2.24) is 4.31 Å². The van der Waals surface area contributed by atoms with Gasteiger partial charge in [-0.2, -0.15) is 4.55 Å². The quantitative estimate of drug-likeness (QED) is 0.743. The Morgan fingerprint density at radius 1 is 1.40 bits per heavy atom. The van der Waals surface area contributed by atoms with Crippen molar-refractivity contribution in [2.24, 2.45) is 0 Å². The first-order valence-corrected chi connectivity index (χ1v) is 6.90. The van der Waals surface area contributed by atoms with Gasteiger partial charge in [-0.1, -0.05) is 28.1 Å². The Bertz CT molecular complexity index is 425. The second-order valence-electron chi connectivity index (χ2n) is 4.15. The molecule has 0 amide bonds. The Balaban J connectivity index is 2.28. The fourth-order valence-corrected chi connectivity index (χ4v) is 2.75. The van der Waals surface area contributed by atoms with E-state index in [9.17, 15) is 8.76 Å². The van der Waals surface area contributed by atoms with Crippen LogP contribution in [-0.2, 0) is 27.6 Å². The van der Waals surface area contributed by atoms with Gasteiger partial charge in [0.2, 0.25) is 0 Å². The standard InChI is InChI=1S/C11H15NO2S/c1-9-3-4-11-8-12(15(2,13)14)6-5-10(11)7-9/h3-4,7H,5-6,8H2,1-2H3/p+1. The maximum absolute atomic E-state index is 11.5. The lowest BCUT2D eigenvalue weighted by Gasteiger charge is -2.24. The van der Waals surface area contributed by atoms with Crippen LogP contribution in [0.5, 0.6) is 0 Å². The van der Waals surface area contributed by atoms with Crippen molar-refractivity contribution in [3.8, 4) is 0 Å². The van der Waals surface area contributed by atoms with Crippen LogP contribution in [-0.4, -0.2) is 21.7 Å². The van der Waals surface area contributed by atoms with Crippen molar-refractivity contribution in [2.45, 2.75) is 19.9 Å². The summed E-state index contributed by atoms with van der Waals surface area (Å²) in [6.07, 6.45) is 2.24. The molecule has 1 heterocycles. The van der Waals surface area contributed by atoms with E-state index in [2.05, 4.69) is 25.1 Å². The van der Waals surface area contributed by atoms with E-state index in [1.54, 1.807) is 4.31 Å². The van der Waals surface area contributed by atoms with Crippen LogP contribution < -0.4 is 0 Å². The Kier molecular flexibility index (Phi) is 2.66. The van der Waals surface area contributed by atoms with Gasteiger partial charge >= 0.3 is 0 Å². The third-order valence-electron chi connectivity index (χ3n) is 2.82. The van der Waals surface area contributed by atoms with Crippen LogP contribution in [0.1, 0.15) is 16.7 Å². The van der Waals surface area contributed by atoms with Gasteiger partial charge < -0.3 is 0 Å². The number of rotatable bonds is 1. The zero-order chi connectivity index (χ0) is 11.1. The summed E-state index contributed by atoms with van der Waals surface area (Å²) in [4.78, 5) is 0. The second-order valence-corrected chi connectivity index (χ2v) is 6.19. The SMILES string of the molecule is Cc1ccc2c(c1)CCN([S+](C)(=O)O)C2. The van der Waals surface area contributed by atoms with E-state index in [0.29, 0.717) is 13.1 Å². The largest absolute Gasteiger partial charge is 0.288 e. The molecule has 0 saturated heterocycles. The summed E-state index contributed by atoms with van der Waals surface area (Å²) < 4.78 is 22.6. The lowest BCUT2D eigenvalue weighted by Crippen LogP contribution is -2.38. The van der Waals surface area contributed by atoms with E-state index in [-0.39, 0.29) is 0 Å². The summed E-state index contributed by atoms with van der Waals surface area (Å²) in [5, 5.41) is 0. The monoisotopic (exact) mass is 226 g/mol. The summed E-state index contributed by atoms with van der Waals surface area (Å²) in [5.41, 5.74) is 3.74. The maximum atomic E-state index is 11.5. The predicted octanol–water partition coefficient (Wildman–Crippen LogP) is 1.87. The van der Waals surface area contributed by atoms with Crippen LogP contribution in [0.2, 0.25) is 0 Å². The Morgan fingerprint density at radius 3 is 2.80 bits per heavy atom. The molecule has 4 heteroatoms. The number of hydrogen-bond donors (Lipinski definition) is 1. The molecule has 0 fully saturated rings. The molecule has 0 saturated carbocycles. The lowest BCUT2D eigenvalue weighted by molar-refractivity contribution is 0.353. The molecule has 0 aliphatic carbocycles. The lowest BCUT2D eigenvalue weighted by atomic mass is 9.99. The molecular weight excluding hydrogens is 210 g/mol. The van der Waals surface area contributed by atoms with E-state index >= 15 is 0 Å². The van der Waals surface area contributed by atoms with Crippen molar-refractivity contribution in [3.05, 3.63) is 34.9 Å². The van der Waals surface area contributed by atoms with Gasteiger partial charge in [0.05, 0.1) is 13.1 Å². The first-order chi connectivity index (χ1) is 6.97. The first-order valence-electron chi connectivity index (χ1n) is 5.02. The molecule has 1 atom stereocenters. The van der Waals surface area contributed by atoms with E-state index < -0.39 is 10.4 Å². The summed E-state index contributed by atoms with van der Waals surface area (Å²) >= 11 is 0. The fraction of sp³-hybridized carbons (Fsp3) is 0.455. The van der Waals surface area contributed by atoms with Crippen molar-refractivity contribution < 1.29 is 8.76 Å². The number of fused-ring (bicyclic) bond motifs is 1.